The summed E-state index contributed by atoms with van der Waals surface area (Å²) in [5.74, 6) is 0.0976. The SMILES string of the molecule is CN(C)C(=O)N(CCNC(=O)C1(c2ccccc2)CCCC1)C1CCOCC1. The van der Waals surface area contributed by atoms with Crippen LogP contribution >= 0.6 is 0 Å². The lowest BCUT2D eigenvalue weighted by atomic mass is 9.78. The van der Waals surface area contributed by atoms with Gasteiger partial charge in [0.25, 0.3) is 0 Å². The molecule has 2 aliphatic rings. The van der Waals surface area contributed by atoms with Crippen molar-refractivity contribution in [1.29, 1.82) is 0 Å². The third-order valence-electron chi connectivity index (χ3n) is 6.12. The number of rotatable bonds is 6. The topological polar surface area (TPSA) is 61.9 Å². The molecule has 2 fully saturated rings. The minimum Gasteiger partial charge on any atom is -0.381 e. The van der Waals surface area contributed by atoms with Crippen LogP contribution in [0.25, 0.3) is 0 Å². The van der Waals surface area contributed by atoms with Crippen LogP contribution in [0.4, 0.5) is 4.79 Å². The van der Waals surface area contributed by atoms with Crippen LogP contribution in [0.5, 0.6) is 0 Å². The fourth-order valence-electron chi connectivity index (χ4n) is 4.53. The summed E-state index contributed by atoms with van der Waals surface area (Å²) in [5.41, 5.74) is 0.687. The number of hydrogen-bond donors (Lipinski definition) is 1. The predicted molar refractivity (Wildman–Crippen MR) is 109 cm³/mol. The smallest absolute Gasteiger partial charge is 0.319 e. The van der Waals surface area contributed by atoms with Crippen LogP contribution < -0.4 is 5.32 Å². The Bertz CT molecular complexity index is 650. The number of nitrogens with one attached hydrogen (secondary N) is 1. The molecule has 0 atom stereocenters. The molecule has 1 saturated heterocycles. The highest BCUT2D eigenvalue weighted by Crippen LogP contribution is 2.41. The molecular formula is C22H33N3O3. The van der Waals surface area contributed by atoms with E-state index in [0.29, 0.717) is 26.3 Å². The molecule has 0 bridgehead atoms. The van der Waals surface area contributed by atoms with E-state index < -0.39 is 5.41 Å². The Morgan fingerprint density at radius 3 is 2.36 bits per heavy atom. The van der Waals surface area contributed by atoms with Crippen molar-refractivity contribution in [3.8, 4) is 0 Å². The molecule has 1 aromatic carbocycles. The number of carbonyl (C=O) groups is 2. The van der Waals surface area contributed by atoms with Gasteiger partial charge in [0.05, 0.1) is 5.41 Å². The number of carbonyl (C=O) groups excluding carboxylic acids is 2. The summed E-state index contributed by atoms with van der Waals surface area (Å²) < 4.78 is 5.44. The molecule has 1 N–H and O–H groups in total. The van der Waals surface area contributed by atoms with Crippen molar-refractivity contribution in [2.24, 2.45) is 0 Å². The van der Waals surface area contributed by atoms with Gasteiger partial charge in [0, 0.05) is 46.4 Å². The zero-order valence-electron chi connectivity index (χ0n) is 17.2. The lowest BCUT2D eigenvalue weighted by Crippen LogP contribution is -2.51. The van der Waals surface area contributed by atoms with Crippen LogP contribution in [0.3, 0.4) is 0 Å². The Balaban J connectivity index is 1.64. The Kier molecular flexibility index (Phi) is 6.94. The summed E-state index contributed by atoms with van der Waals surface area (Å²) in [6, 6.07) is 10.3. The largest absolute Gasteiger partial charge is 0.381 e. The van der Waals surface area contributed by atoms with Crippen LogP contribution in [0.2, 0.25) is 0 Å². The molecule has 0 unspecified atom stereocenters. The van der Waals surface area contributed by atoms with Crippen molar-refractivity contribution in [2.45, 2.75) is 50.0 Å². The van der Waals surface area contributed by atoms with E-state index in [4.69, 9.17) is 4.74 Å². The van der Waals surface area contributed by atoms with Crippen molar-refractivity contribution in [2.75, 3.05) is 40.4 Å². The second-order valence-corrected chi connectivity index (χ2v) is 8.13. The highest BCUT2D eigenvalue weighted by molar-refractivity contribution is 5.88. The van der Waals surface area contributed by atoms with Gasteiger partial charge in [-0.1, -0.05) is 43.2 Å². The van der Waals surface area contributed by atoms with Crippen LogP contribution in [0.1, 0.15) is 44.1 Å². The van der Waals surface area contributed by atoms with Crippen LogP contribution in [-0.4, -0.2) is 68.2 Å². The maximum Gasteiger partial charge on any atom is 0.319 e. The molecule has 1 saturated carbocycles. The molecule has 1 heterocycles. The van der Waals surface area contributed by atoms with Crippen LogP contribution in [0.15, 0.2) is 30.3 Å². The number of nitrogens with zero attached hydrogens (tertiary/aromatic N) is 2. The van der Waals surface area contributed by atoms with Gasteiger partial charge in [-0.15, -0.1) is 0 Å². The lowest BCUT2D eigenvalue weighted by molar-refractivity contribution is -0.126. The molecule has 1 aliphatic heterocycles. The van der Waals surface area contributed by atoms with E-state index in [2.05, 4.69) is 17.4 Å². The Morgan fingerprint density at radius 1 is 1.11 bits per heavy atom. The lowest BCUT2D eigenvalue weighted by Gasteiger charge is -2.36. The van der Waals surface area contributed by atoms with E-state index in [-0.39, 0.29) is 18.0 Å². The number of urea groups is 1. The normalized spacial score (nSPS) is 19.2. The number of benzene rings is 1. The van der Waals surface area contributed by atoms with Crippen molar-refractivity contribution >= 4 is 11.9 Å². The van der Waals surface area contributed by atoms with Gasteiger partial charge in [0.15, 0.2) is 0 Å². The molecule has 3 rings (SSSR count). The van der Waals surface area contributed by atoms with Crippen molar-refractivity contribution in [3.05, 3.63) is 35.9 Å². The summed E-state index contributed by atoms with van der Waals surface area (Å²) in [4.78, 5) is 29.3. The van der Waals surface area contributed by atoms with Gasteiger partial charge >= 0.3 is 6.03 Å². The minimum absolute atomic E-state index is 0.000196. The average molecular weight is 388 g/mol. The van der Waals surface area contributed by atoms with Crippen LogP contribution in [0, 0.1) is 0 Å². The van der Waals surface area contributed by atoms with E-state index in [0.717, 1.165) is 44.1 Å². The van der Waals surface area contributed by atoms with Crippen molar-refractivity contribution < 1.29 is 14.3 Å². The van der Waals surface area contributed by atoms with Gasteiger partial charge in [-0.25, -0.2) is 4.79 Å². The molecular weight excluding hydrogens is 354 g/mol. The molecule has 0 aromatic heterocycles. The van der Waals surface area contributed by atoms with Gasteiger partial charge in [-0.3, -0.25) is 4.79 Å². The molecule has 6 nitrogen and oxygen atoms in total. The van der Waals surface area contributed by atoms with E-state index in [1.807, 2.05) is 23.1 Å². The zero-order chi connectivity index (χ0) is 20.0. The number of amides is 3. The van der Waals surface area contributed by atoms with Gasteiger partial charge < -0.3 is 19.9 Å². The zero-order valence-corrected chi connectivity index (χ0v) is 17.2. The molecule has 1 aliphatic carbocycles. The molecule has 154 valence electrons. The first kappa shape index (κ1) is 20.6. The second kappa shape index (κ2) is 9.41. The highest BCUT2D eigenvalue weighted by atomic mass is 16.5. The standard InChI is InChI=1S/C22H33N3O3/c1-24(2)21(27)25(19-10-16-28-17-11-19)15-14-23-20(26)22(12-6-7-13-22)18-8-4-3-5-9-18/h3-5,8-9,19H,6-7,10-17H2,1-2H3,(H,23,26). The van der Waals surface area contributed by atoms with Crippen molar-refractivity contribution in [3.63, 3.8) is 0 Å². The summed E-state index contributed by atoms with van der Waals surface area (Å²) in [5, 5.41) is 3.14. The quantitative estimate of drug-likeness (QED) is 0.816. The van der Waals surface area contributed by atoms with E-state index in [1.165, 1.54) is 0 Å². The molecule has 6 heteroatoms. The maximum atomic E-state index is 13.2. The first-order valence-electron chi connectivity index (χ1n) is 10.4. The maximum absolute atomic E-state index is 13.2. The molecule has 3 amide bonds. The summed E-state index contributed by atoms with van der Waals surface area (Å²) in [6.07, 6.45) is 5.64. The number of hydrogen-bond acceptors (Lipinski definition) is 3. The Morgan fingerprint density at radius 2 is 1.75 bits per heavy atom. The van der Waals surface area contributed by atoms with Gasteiger partial charge in [0.2, 0.25) is 5.91 Å². The minimum atomic E-state index is -0.420. The highest BCUT2D eigenvalue weighted by Gasteiger charge is 2.42. The van der Waals surface area contributed by atoms with Gasteiger partial charge in [0.1, 0.15) is 0 Å². The second-order valence-electron chi connectivity index (χ2n) is 8.13. The number of ether oxygens (including phenoxy) is 1. The molecule has 1 aromatic rings. The average Bonchev–Trinajstić information content (AvgIpc) is 3.23. The molecule has 0 radical (unpaired) electrons. The fourth-order valence-corrected chi connectivity index (χ4v) is 4.53. The van der Waals surface area contributed by atoms with E-state index in [9.17, 15) is 9.59 Å². The third kappa shape index (κ3) is 4.49. The van der Waals surface area contributed by atoms with E-state index >= 15 is 0 Å². The monoisotopic (exact) mass is 387 g/mol. The Hall–Kier alpha value is -2.08. The van der Waals surface area contributed by atoms with Crippen LogP contribution in [-0.2, 0) is 14.9 Å². The summed E-state index contributed by atoms with van der Waals surface area (Å²) >= 11 is 0. The first-order chi connectivity index (χ1) is 13.5. The first-order valence-corrected chi connectivity index (χ1v) is 10.4. The third-order valence-corrected chi connectivity index (χ3v) is 6.12. The fraction of sp³-hybridized carbons (Fsp3) is 0.636. The van der Waals surface area contributed by atoms with Gasteiger partial charge in [-0.2, -0.15) is 0 Å². The predicted octanol–water partition coefficient (Wildman–Crippen LogP) is 2.78. The summed E-state index contributed by atoms with van der Waals surface area (Å²) in [7, 11) is 3.55. The van der Waals surface area contributed by atoms with Gasteiger partial charge in [-0.05, 0) is 31.2 Å². The molecule has 0 spiro atoms. The molecule has 28 heavy (non-hydrogen) atoms. The van der Waals surface area contributed by atoms with E-state index in [1.54, 1.807) is 19.0 Å². The van der Waals surface area contributed by atoms with Crippen molar-refractivity contribution in [1.82, 2.24) is 15.1 Å². The summed E-state index contributed by atoms with van der Waals surface area (Å²) in [6.45, 7) is 2.37. The Labute approximate surface area is 168 Å².